The Morgan fingerprint density at radius 1 is 1.08 bits per heavy atom. The van der Waals surface area contributed by atoms with E-state index < -0.39 is 0 Å². The van der Waals surface area contributed by atoms with E-state index in [1.165, 1.54) is 43.3 Å². The van der Waals surface area contributed by atoms with Gasteiger partial charge in [0.05, 0.1) is 0 Å². The smallest absolute Gasteiger partial charge is 0.0279 e. The van der Waals surface area contributed by atoms with Crippen molar-refractivity contribution >= 4 is 0 Å². The molecule has 0 heterocycles. The summed E-state index contributed by atoms with van der Waals surface area (Å²) < 4.78 is 0. The summed E-state index contributed by atoms with van der Waals surface area (Å²) in [5.74, 6) is 0. The van der Waals surface area contributed by atoms with E-state index in [2.05, 4.69) is 26.8 Å². The van der Waals surface area contributed by atoms with Crippen LogP contribution in [0.3, 0.4) is 0 Å². The lowest BCUT2D eigenvalue weighted by molar-refractivity contribution is 0.712. The van der Waals surface area contributed by atoms with Crippen LogP contribution in [0.2, 0.25) is 0 Å². The van der Waals surface area contributed by atoms with Crippen LogP contribution in [0.15, 0.2) is 22.8 Å². The van der Waals surface area contributed by atoms with E-state index in [0.717, 1.165) is 0 Å². The average molecular weight is 164 g/mol. The summed E-state index contributed by atoms with van der Waals surface area (Å²) in [4.78, 5) is 0. The maximum atomic E-state index is 2.44. The largest absolute Gasteiger partial charge is 0.0811 e. The Balaban J connectivity index is 2.72. The second-order valence-electron chi connectivity index (χ2n) is 3.95. The van der Waals surface area contributed by atoms with Gasteiger partial charge in [0.2, 0.25) is 0 Å². The predicted molar refractivity (Wildman–Crippen MR) is 55.2 cm³/mol. The van der Waals surface area contributed by atoms with Gasteiger partial charge in [-0.2, -0.15) is 0 Å². The van der Waals surface area contributed by atoms with Gasteiger partial charge < -0.3 is 0 Å². The Hall–Kier alpha value is -0.520. The van der Waals surface area contributed by atoms with Crippen molar-refractivity contribution in [1.29, 1.82) is 0 Å². The van der Waals surface area contributed by atoms with Gasteiger partial charge in [0, 0.05) is 0 Å². The molecule has 0 aromatic heterocycles. The molecule has 0 radical (unpaired) electrons. The van der Waals surface area contributed by atoms with Crippen LogP contribution >= 0.6 is 0 Å². The van der Waals surface area contributed by atoms with Crippen molar-refractivity contribution in [2.75, 3.05) is 0 Å². The topological polar surface area (TPSA) is 0 Å². The lowest BCUT2D eigenvalue weighted by Crippen LogP contribution is -1.87. The highest BCUT2D eigenvalue weighted by molar-refractivity contribution is 5.32. The molecule has 0 N–H and O–H groups in total. The maximum absolute atomic E-state index is 2.44. The minimum absolute atomic E-state index is 1.29. The maximum Gasteiger partial charge on any atom is -0.0279 e. The second-order valence-corrected chi connectivity index (χ2v) is 3.95. The van der Waals surface area contributed by atoms with Crippen molar-refractivity contribution < 1.29 is 0 Å². The molecule has 0 aromatic carbocycles. The monoisotopic (exact) mass is 164 g/mol. The molecule has 12 heavy (non-hydrogen) atoms. The molecule has 0 spiro atoms. The molecule has 0 nitrogen and oxygen atoms in total. The summed E-state index contributed by atoms with van der Waals surface area (Å²) in [5.41, 5.74) is 4.60. The van der Waals surface area contributed by atoms with Gasteiger partial charge in [0.25, 0.3) is 0 Å². The third kappa shape index (κ3) is 2.51. The van der Waals surface area contributed by atoms with Crippen LogP contribution in [0.25, 0.3) is 0 Å². The van der Waals surface area contributed by atoms with Gasteiger partial charge in [-0.25, -0.2) is 0 Å². The van der Waals surface area contributed by atoms with E-state index in [0.29, 0.717) is 0 Å². The summed E-state index contributed by atoms with van der Waals surface area (Å²) in [7, 11) is 0. The molecule has 0 saturated heterocycles. The van der Waals surface area contributed by atoms with E-state index in [1.54, 1.807) is 5.57 Å². The van der Waals surface area contributed by atoms with Crippen molar-refractivity contribution in [3.8, 4) is 0 Å². The highest BCUT2D eigenvalue weighted by atomic mass is 14.1. The zero-order valence-corrected chi connectivity index (χ0v) is 8.61. The van der Waals surface area contributed by atoms with E-state index >= 15 is 0 Å². The van der Waals surface area contributed by atoms with Crippen LogP contribution < -0.4 is 0 Å². The molecule has 0 aromatic rings. The summed E-state index contributed by atoms with van der Waals surface area (Å²) in [6.07, 6.45) is 9.22. The first-order valence-corrected chi connectivity index (χ1v) is 5.05. The molecular formula is C12H20. The summed E-state index contributed by atoms with van der Waals surface area (Å²) in [5, 5.41) is 0. The van der Waals surface area contributed by atoms with Crippen LogP contribution in [0, 0.1) is 0 Å². The SMILES string of the molecule is CC(C)=C(C)C1=CCCCCC1. The molecule has 0 fully saturated rings. The van der Waals surface area contributed by atoms with Crippen LogP contribution in [0.5, 0.6) is 0 Å². The van der Waals surface area contributed by atoms with Crippen LogP contribution in [0.1, 0.15) is 52.9 Å². The molecule has 1 aliphatic carbocycles. The lowest BCUT2D eigenvalue weighted by atomic mass is 9.99. The fourth-order valence-electron chi connectivity index (χ4n) is 1.68. The normalized spacial score (nSPS) is 18.1. The van der Waals surface area contributed by atoms with Gasteiger partial charge in [-0.05, 0) is 57.6 Å². The minimum Gasteiger partial charge on any atom is -0.0811 e. The molecule has 0 amide bonds. The first-order chi connectivity index (χ1) is 5.72. The second kappa shape index (κ2) is 4.49. The minimum atomic E-state index is 1.29. The summed E-state index contributed by atoms with van der Waals surface area (Å²) in [6, 6.07) is 0. The average Bonchev–Trinajstić information content (AvgIpc) is 2.30. The van der Waals surface area contributed by atoms with Crippen molar-refractivity contribution in [3.63, 3.8) is 0 Å². The molecule has 0 bridgehead atoms. The number of hydrogen-bond donors (Lipinski definition) is 0. The summed E-state index contributed by atoms with van der Waals surface area (Å²) in [6.45, 7) is 6.68. The highest BCUT2D eigenvalue weighted by Crippen LogP contribution is 2.24. The van der Waals surface area contributed by atoms with Gasteiger partial charge in [-0.3, -0.25) is 0 Å². The van der Waals surface area contributed by atoms with Gasteiger partial charge in [-0.1, -0.05) is 18.1 Å². The van der Waals surface area contributed by atoms with E-state index in [-0.39, 0.29) is 0 Å². The molecule has 0 heteroatoms. The standard InChI is InChI=1S/C12H20/c1-10(2)11(3)12-8-6-4-5-7-9-12/h8H,4-7,9H2,1-3H3. The van der Waals surface area contributed by atoms with Crippen molar-refractivity contribution in [3.05, 3.63) is 22.8 Å². The highest BCUT2D eigenvalue weighted by Gasteiger charge is 2.04. The van der Waals surface area contributed by atoms with Crippen LogP contribution in [0.4, 0.5) is 0 Å². The van der Waals surface area contributed by atoms with E-state index in [1.807, 2.05) is 0 Å². The number of allylic oxidation sites excluding steroid dienone is 4. The quantitative estimate of drug-likeness (QED) is 0.544. The first kappa shape index (κ1) is 9.57. The lowest BCUT2D eigenvalue weighted by Gasteiger charge is -2.07. The molecule has 0 saturated carbocycles. The fraction of sp³-hybridized carbons (Fsp3) is 0.667. The van der Waals surface area contributed by atoms with Crippen LogP contribution in [-0.4, -0.2) is 0 Å². The third-order valence-corrected chi connectivity index (χ3v) is 2.77. The van der Waals surface area contributed by atoms with Crippen LogP contribution in [-0.2, 0) is 0 Å². The predicted octanol–water partition coefficient (Wildman–Crippen LogP) is 4.23. The Morgan fingerprint density at radius 2 is 1.83 bits per heavy atom. The van der Waals surface area contributed by atoms with Crippen molar-refractivity contribution in [2.45, 2.75) is 52.9 Å². The zero-order valence-electron chi connectivity index (χ0n) is 8.61. The molecule has 1 rings (SSSR count). The summed E-state index contributed by atoms with van der Waals surface area (Å²) >= 11 is 0. The van der Waals surface area contributed by atoms with E-state index in [9.17, 15) is 0 Å². The molecular weight excluding hydrogens is 144 g/mol. The van der Waals surface area contributed by atoms with Gasteiger partial charge in [-0.15, -0.1) is 0 Å². The Bertz CT molecular complexity index is 202. The van der Waals surface area contributed by atoms with E-state index in [4.69, 9.17) is 0 Å². The third-order valence-electron chi connectivity index (χ3n) is 2.77. The van der Waals surface area contributed by atoms with Crippen molar-refractivity contribution in [1.82, 2.24) is 0 Å². The molecule has 68 valence electrons. The Kier molecular flexibility index (Phi) is 3.58. The number of hydrogen-bond acceptors (Lipinski definition) is 0. The van der Waals surface area contributed by atoms with Gasteiger partial charge >= 0.3 is 0 Å². The zero-order chi connectivity index (χ0) is 8.97. The molecule has 0 unspecified atom stereocenters. The number of rotatable bonds is 1. The molecule has 0 aliphatic heterocycles. The van der Waals surface area contributed by atoms with Gasteiger partial charge in [0.1, 0.15) is 0 Å². The van der Waals surface area contributed by atoms with Crippen molar-refractivity contribution in [2.24, 2.45) is 0 Å². The fourth-order valence-corrected chi connectivity index (χ4v) is 1.68. The molecule has 1 aliphatic rings. The molecule has 0 atom stereocenters. The first-order valence-electron chi connectivity index (χ1n) is 5.05. The van der Waals surface area contributed by atoms with Gasteiger partial charge in [0.15, 0.2) is 0 Å². The Morgan fingerprint density at radius 3 is 2.50 bits per heavy atom. The Labute approximate surface area is 76.4 Å².